The van der Waals surface area contributed by atoms with Gasteiger partial charge >= 0.3 is 0 Å². The van der Waals surface area contributed by atoms with Gasteiger partial charge in [-0.2, -0.15) is 15.0 Å². The van der Waals surface area contributed by atoms with Crippen molar-refractivity contribution in [3.63, 3.8) is 0 Å². The lowest BCUT2D eigenvalue weighted by atomic mass is 9.88. The number of aryl methyl sites for hydroxylation is 1. The van der Waals surface area contributed by atoms with Crippen molar-refractivity contribution < 1.29 is 14.3 Å². The van der Waals surface area contributed by atoms with Crippen LogP contribution in [0, 0.1) is 0 Å². The summed E-state index contributed by atoms with van der Waals surface area (Å²) in [5.74, 6) is 0.493. The van der Waals surface area contributed by atoms with Crippen LogP contribution in [0.1, 0.15) is 56.8 Å². The van der Waals surface area contributed by atoms with Crippen LogP contribution < -0.4 is 4.74 Å². The number of ketones is 2. The normalized spacial score (nSPS) is 15.1. The molecule has 1 aliphatic rings. The predicted octanol–water partition coefficient (Wildman–Crippen LogP) is 3.36. The van der Waals surface area contributed by atoms with Crippen LogP contribution in [0.5, 0.6) is 5.75 Å². The first kappa shape index (κ1) is 18.1. The van der Waals surface area contributed by atoms with Crippen molar-refractivity contribution in [3.05, 3.63) is 76.6 Å². The van der Waals surface area contributed by atoms with Crippen LogP contribution in [0.15, 0.2) is 48.7 Å². The second-order valence-corrected chi connectivity index (χ2v) is 6.92. The first-order valence-corrected chi connectivity index (χ1v) is 9.34. The van der Waals surface area contributed by atoms with Gasteiger partial charge in [0.25, 0.3) is 0 Å². The van der Waals surface area contributed by atoms with Crippen LogP contribution in [0.2, 0.25) is 0 Å². The quantitative estimate of drug-likeness (QED) is 0.618. The SMILES string of the molecule is CCC(=O)c1cc(C(=O)Cc2cnn(C)n2)cc2c1OCC2c1ccccc1. The number of carbonyl (C=O) groups excluding carboxylic acids is 2. The minimum absolute atomic E-state index is 0.00359. The highest BCUT2D eigenvalue weighted by atomic mass is 16.5. The van der Waals surface area contributed by atoms with Gasteiger partial charge in [-0.25, -0.2) is 0 Å². The summed E-state index contributed by atoms with van der Waals surface area (Å²) in [4.78, 5) is 26.9. The zero-order chi connectivity index (χ0) is 19.7. The summed E-state index contributed by atoms with van der Waals surface area (Å²) in [5.41, 5.74) is 3.60. The number of carbonyl (C=O) groups is 2. The first-order chi connectivity index (χ1) is 13.6. The summed E-state index contributed by atoms with van der Waals surface area (Å²) in [6.45, 7) is 2.28. The van der Waals surface area contributed by atoms with E-state index in [1.807, 2.05) is 43.3 Å². The molecule has 0 saturated heterocycles. The van der Waals surface area contributed by atoms with E-state index in [0.29, 0.717) is 35.6 Å². The Hall–Kier alpha value is -3.28. The van der Waals surface area contributed by atoms with Crippen LogP contribution in [0.4, 0.5) is 0 Å². The maximum absolute atomic E-state index is 12.9. The smallest absolute Gasteiger partial charge is 0.168 e. The van der Waals surface area contributed by atoms with Gasteiger partial charge in [-0.3, -0.25) is 9.59 Å². The van der Waals surface area contributed by atoms with Gasteiger partial charge in [-0.1, -0.05) is 37.3 Å². The van der Waals surface area contributed by atoms with Crippen molar-refractivity contribution >= 4 is 11.6 Å². The summed E-state index contributed by atoms with van der Waals surface area (Å²) in [6.07, 6.45) is 2.08. The number of hydrogen-bond donors (Lipinski definition) is 0. The van der Waals surface area contributed by atoms with Gasteiger partial charge < -0.3 is 4.74 Å². The summed E-state index contributed by atoms with van der Waals surface area (Å²) in [6, 6.07) is 13.5. The van der Waals surface area contributed by atoms with E-state index < -0.39 is 0 Å². The third kappa shape index (κ3) is 3.33. The standard InChI is InChI=1S/C22H21N3O3/c1-3-20(26)18-10-15(21(27)11-16-12-23-25(2)24-16)9-17-19(13-28-22(17)18)14-7-5-4-6-8-14/h4-10,12,19H,3,11,13H2,1-2H3. The van der Waals surface area contributed by atoms with Crippen LogP contribution in [0.3, 0.4) is 0 Å². The number of hydrogen-bond acceptors (Lipinski definition) is 5. The number of rotatable bonds is 6. The third-order valence-electron chi connectivity index (χ3n) is 5.02. The van der Waals surface area contributed by atoms with Crippen molar-refractivity contribution in [3.8, 4) is 5.75 Å². The minimum Gasteiger partial charge on any atom is -0.492 e. The fourth-order valence-corrected chi connectivity index (χ4v) is 3.58. The molecule has 0 bridgehead atoms. The summed E-state index contributed by atoms with van der Waals surface area (Å²) in [5, 5.41) is 8.19. The average molecular weight is 375 g/mol. The Bertz CT molecular complexity index is 1040. The van der Waals surface area contributed by atoms with Gasteiger partial charge in [-0.15, -0.1) is 0 Å². The van der Waals surface area contributed by atoms with Crippen LogP contribution in [-0.2, 0) is 13.5 Å². The van der Waals surface area contributed by atoms with Crippen LogP contribution in [-0.4, -0.2) is 33.2 Å². The molecule has 1 atom stereocenters. The molecule has 3 aromatic rings. The number of benzene rings is 2. The second-order valence-electron chi connectivity index (χ2n) is 6.92. The van der Waals surface area contributed by atoms with Gasteiger partial charge in [0, 0.05) is 30.5 Å². The molecule has 1 aliphatic heterocycles. The Morgan fingerprint density at radius 2 is 1.96 bits per heavy atom. The molecule has 0 radical (unpaired) electrons. The molecule has 6 nitrogen and oxygen atoms in total. The highest BCUT2D eigenvalue weighted by Gasteiger charge is 2.31. The zero-order valence-corrected chi connectivity index (χ0v) is 15.9. The first-order valence-electron chi connectivity index (χ1n) is 9.34. The van der Waals surface area contributed by atoms with Crippen molar-refractivity contribution in [2.75, 3.05) is 6.61 Å². The highest BCUT2D eigenvalue weighted by Crippen LogP contribution is 2.41. The predicted molar refractivity (Wildman–Crippen MR) is 104 cm³/mol. The summed E-state index contributed by atoms with van der Waals surface area (Å²) in [7, 11) is 1.71. The van der Waals surface area contributed by atoms with E-state index in [2.05, 4.69) is 10.2 Å². The van der Waals surface area contributed by atoms with Crippen LogP contribution >= 0.6 is 0 Å². The maximum atomic E-state index is 12.9. The molecule has 0 amide bonds. The van der Waals surface area contributed by atoms with E-state index in [-0.39, 0.29) is 23.9 Å². The lowest BCUT2D eigenvalue weighted by Gasteiger charge is -2.12. The molecule has 6 heteroatoms. The van der Waals surface area contributed by atoms with Crippen molar-refractivity contribution in [2.24, 2.45) is 7.05 Å². The Morgan fingerprint density at radius 1 is 1.18 bits per heavy atom. The highest BCUT2D eigenvalue weighted by molar-refractivity contribution is 6.04. The Labute approximate surface area is 163 Å². The van der Waals surface area contributed by atoms with E-state index in [4.69, 9.17) is 4.74 Å². The molecule has 1 unspecified atom stereocenters. The minimum atomic E-state index is -0.0906. The number of Topliss-reactive ketones (excluding diaryl/α,β-unsaturated/α-hetero) is 2. The molecule has 2 heterocycles. The summed E-state index contributed by atoms with van der Waals surface area (Å²) >= 11 is 0. The molecular formula is C22H21N3O3. The Kier molecular flexibility index (Phi) is 4.77. The van der Waals surface area contributed by atoms with Gasteiger partial charge in [0.05, 0.1) is 30.5 Å². The summed E-state index contributed by atoms with van der Waals surface area (Å²) < 4.78 is 5.92. The number of fused-ring (bicyclic) bond motifs is 1. The maximum Gasteiger partial charge on any atom is 0.168 e. The van der Waals surface area contributed by atoms with Gasteiger partial charge in [0.1, 0.15) is 5.75 Å². The number of aromatic nitrogens is 3. The van der Waals surface area contributed by atoms with E-state index >= 15 is 0 Å². The van der Waals surface area contributed by atoms with Gasteiger partial charge in [-0.05, 0) is 17.7 Å². The Balaban J connectivity index is 1.76. The average Bonchev–Trinajstić information content (AvgIpc) is 3.33. The molecule has 0 spiro atoms. The van der Waals surface area contributed by atoms with E-state index in [1.165, 1.54) is 4.80 Å². The molecule has 0 fully saturated rings. The molecule has 0 saturated carbocycles. The fraction of sp³-hybridized carbons (Fsp3) is 0.273. The molecule has 142 valence electrons. The lowest BCUT2D eigenvalue weighted by molar-refractivity contribution is 0.0985. The Morgan fingerprint density at radius 3 is 2.64 bits per heavy atom. The van der Waals surface area contributed by atoms with E-state index in [9.17, 15) is 9.59 Å². The molecule has 28 heavy (non-hydrogen) atoms. The van der Waals surface area contributed by atoms with Gasteiger partial charge in [0.2, 0.25) is 0 Å². The topological polar surface area (TPSA) is 74.1 Å². The monoisotopic (exact) mass is 375 g/mol. The molecule has 0 N–H and O–H groups in total. The lowest BCUT2D eigenvalue weighted by Crippen LogP contribution is -2.09. The molecule has 4 rings (SSSR count). The molecule has 2 aromatic carbocycles. The molecular weight excluding hydrogens is 354 g/mol. The van der Waals surface area contributed by atoms with E-state index in [0.717, 1.165) is 11.1 Å². The largest absolute Gasteiger partial charge is 0.492 e. The number of nitrogens with zero attached hydrogens (tertiary/aromatic N) is 3. The second kappa shape index (κ2) is 7.38. The van der Waals surface area contributed by atoms with Crippen LogP contribution in [0.25, 0.3) is 0 Å². The number of ether oxygens (including phenoxy) is 1. The fourth-order valence-electron chi connectivity index (χ4n) is 3.58. The van der Waals surface area contributed by atoms with Crippen molar-refractivity contribution in [1.29, 1.82) is 0 Å². The van der Waals surface area contributed by atoms with Crippen molar-refractivity contribution in [2.45, 2.75) is 25.7 Å². The molecule has 1 aromatic heterocycles. The van der Waals surface area contributed by atoms with Gasteiger partial charge in [0.15, 0.2) is 11.6 Å². The molecule has 0 aliphatic carbocycles. The van der Waals surface area contributed by atoms with E-state index in [1.54, 1.807) is 19.3 Å². The third-order valence-corrected chi connectivity index (χ3v) is 5.02. The van der Waals surface area contributed by atoms with Crippen molar-refractivity contribution in [1.82, 2.24) is 15.0 Å². The zero-order valence-electron chi connectivity index (χ0n) is 15.9.